The normalized spacial score (nSPS) is 10.8. The Labute approximate surface area is 193 Å². The Kier molecular flexibility index (Phi) is 7.88. The average Bonchev–Trinajstić information content (AvgIpc) is 2.76. The van der Waals surface area contributed by atoms with E-state index in [2.05, 4.69) is 48.3 Å². The van der Waals surface area contributed by atoms with Crippen molar-refractivity contribution in [1.29, 1.82) is 0 Å². The number of hydrogen-bond donors (Lipinski definition) is 1. The molecule has 0 amide bonds. The van der Waals surface area contributed by atoms with Gasteiger partial charge in [0.15, 0.2) is 5.11 Å². The van der Waals surface area contributed by atoms with Crippen molar-refractivity contribution in [3.05, 3.63) is 94.3 Å². The van der Waals surface area contributed by atoms with E-state index in [1.54, 1.807) is 13.2 Å². The molecule has 0 spiro atoms. The number of rotatable bonds is 7. The molecular formula is C25H26ClFN2OS. The third kappa shape index (κ3) is 6.42. The quantitative estimate of drug-likeness (QED) is 0.386. The van der Waals surface area contributed by atoms with Gasteiger partial charge in [-0.05, 0) is 65.2 Å². The summed E-state index contributed by atoms with van der Waals surface area (Å²) in [5.41, 5.74) is 4.19. The molecule has 0 aliphatic heterocycles. The fourth-order valence-electron chi connectivity index (χ4n) is 3.16. The van der Waals surface area contributed by atoms with Gasteiger partial charge in [-0.1, -0.05) is 61.8 Å². The molecule has 0 heterocycles. The number of thiocarbonyl (C=S) groups is 1. The van der Waals surface area contributed by atoms with E-state index in [1.165, 1.54) is 17.7 Å². The molecule has 0 aliphatic carbocycles. The van der Waals surface area contributed by atoms with Crippen LogP contribution in [0.2, 0.25) is 5.02 Å². The summed E-state index contributed by atoms with van der Waals surface area (Å²) < 4.78 is 18.8. The zero-order chi connectivity index (χ0) is 22.4. The molecule has 0 radical (unpaired) electrons. The topological polar surface area (TPSA) is 24.5 Å². The van der Waals surface area contributed by atoms with E-state index < -0.39 is 5.82 Å². The molecule has 162 valence electrons. The number of nitrogens with zero attached hydrogens (tertiary/aromatic N) is 1. The van der Waals surface area contributed by atoms with Crippen molar-refractivity contribution in [2.45, 2.75) is 32.9 Å². The lowest BCUT2D eigenvalue weighted by Crippen LogP contribution is -2.33. The van der Waals surface area contributed by atoms with Crippen LogP contribution in [-0.4, -0.2) is 17.1 Å². The Hall–Kier alpha value is -2.63. The van der Waals surface area contributed by atoms with E-state index in [1.807, 2.05) is 24.3 Å². The minimum atomic E-state index is -0.460. The van der Waals surface area contributed by atoms with Gasteiger partial charge in [-0.25, -0.2) is 4.39 Å². The first-order chi connectivity index (χ1) is 14.9. The second kappa shape index (κ2) is 10.6. The highest BCUT2D eigenvalue weighted by Crippen LogP contribution is 2.22. The van der Waals surface area contributed by atoms with Crippen molar-refractivity contribution in [3.8, 4) is 5.75 Å². The lowest BCUT2D eigenvalue weighted by molar-refractivity contribution is 0.407. The van der Waals surface area contributed by atoms with Gasteiger partial charge >= 0.3 is 0 Å². The molecule has 3 nitrogen and oxygen atoms in total. The Balaban J connectivity index is 1.80. The third-order valence-corrected chi connectivity index (χ3v) is 5.66. The van der Waals surface area contributed by atoms with Gasteiger partial charge in [0.05, 0.1) is 12.1 Å². The highest BCUT2D eigenvalue weighted by Gasteiger charge is 2.13. The maximum atomic E-state index is 13.5. The van der Waals surface area contributed by atoms with E-state index >= 15 is 0 Å². The van der Waals surface area contributed by atoms with Crippen LogP contribution in [0.5, 0.6) is 5.75 Å². The van der Waals surface area contributed by atoms with Crippen LogP contribution in [0.15, 0.2) is 66.7 Å². The average molecular weight is 457 g/mol. The number of nitrogens with one attached hydrogen (secondary N) is 1. The molecule has 0 aromatic heterocycles. The number of benzene rings is 3. The lowest BCUT2D eigenvalue weighted by atomic mass is 10.0. The van der Waals surface area contributed by atoms with Gasteiger partial charge in [0, 0.05) is 18.8 Å². The molecule has 0 bridgehead atoms. The van der Waals surface area contributed by atoms with Crippen LogP contribution in [0.1, 0.15) is 36.5 Å². The molecule has 3 rings (SSSR count). The molecule has 0 saturated carbocycles. The summed E-state index contributed by atoms with van der Waals surface area (Å²) in [6.07, 6.45) is 0. The van der Waals surface area contributed by atoms with Gasteiger partial charge in [-0.15, -0.1) is 0 Å². The Bertz CT molecular complexity index is 1020. The molecule has 31 heavy (non-hydrogen) atoms. The smallest absolute Gasteiger partial charge is 0.174 e. The number of halogens is 2. The second-order valence-electron chi connectivity index (χ2n) is 7.66. The summed E-state index contributed by atoms with van der Waals surface area (Å²) >= 11 is 11.6. The van der Waals surface area contributed by atoms with E-state index in [0.717, 1.165) is 16.9 Å². The van der Waals surface area contributed by atoms with Crippen molar-refractivity contribution in [2.75, 3.05) is 12.4 Å². The Morgan fingerprint density at radius 2 is 1.58 bits per heavy atom. The molecular weight excluding hydrogens is 431 g/mol. The Morgan fingerprint density at radius 1 is 1.00 bits per heavy atom. The zero-order valence-electron chi connectivity index (χ0n) is 17.9. The molecule has 6 heteroatoms. The van der Waals surface area contributed by atoms with Gasteiger partial charge in [0.25, 0.3) is 0 Å². The van der Waals surface area contributed by atoms with Gasteiger partial charge in [0.2, 0.25) is 0 Å². The maximum absolute atomic E-state index is 13.5. The Morgan fingerprint density at radius 3 is 2.10 bits per heavy atom. The second-order valence-corrected chi connectivity index (χ2v) is 8.45. The summed E-state index contributed by atoms with van der Waals surface area (Å²) in [5.74, 6) is 0.829. The fourth-order valence-corrected chi connectivity index (χ4v) is 3.58. The van der Waals surface area contributed by atoms with Gasteiger partial charge in [0.1, 0.15) is 11.6 Å². The minimum Gasteiger partial charge on any atom is -0.497 e. The van der Waals surface area contributed by atoms with Crippen LogP contribution in [0.25, 0.3) is 0 Å². The van der Waals surface area contributed by atoms with Crippen molar-refractivity contribution in [2.24, 2.45) is 0 Å². The van der Waals surface area contributed by atoms with Crippen LogP contribution in [0, 0.1) is 5.82 Å². The molecule has 3 aromatic carbocycles. The van der Waals surface area contributed by atoms with Gasteiger partial charge < -0.3 is 15.0 Å². The first-order valence-corrected chi connectivity index (χ1v) is 10.9. The van der Waals surface area contributed by atoms with Crippen LogP contribution in [-0.2, 0) is 13.1 Å². The van der Waals surface area contributed by atoms with Crippen molar-refractivity contribution >= 4 is 34.6 Å². The van der Waals surface area contributed by atoms with Crippen LogP contribution in [0.3, 0.4) is 0 Å². The summed E-state index contributed by atoms with van der Waals surface area (Å²) in [5, 5.41) is 3.77. The van der Waals surface area contributed by atoms with Crippen molar-refractivity contribution in [3.63, 3.8) is 0 Å². The highest BCUT2D eigenvalue weighted by atomic mass is 35.5. The number of ether oxygens (including phenoxy) is 1. The van der Waals surface area contributed by atoms with Gasteiger partial charge in [-0.2, -0.15) is 0 Å². The zero-order valence-corrected chi connectivity index (χ0v) is 19.4. The minimum absolute atomic E-state index is 0.0544. The van der Waals surface area contributed by atoms with Crippen LogP contribution in [0.4, 0.5) is 10.1 Å². The molecule has 0 atom stereocenters. The monoisotopic (exact) mass is 456 g/mol. The van der Waals surface area contributed by atoms with Crippen molar-refractivity contribution < 1.29 is 9.13 Å². The van der Waals surface area contributed by atoms with Crippen LogP contribution < -0.4 is 10.1 Å². The SMILES string of the molecule is COc1ccc(CN(Cc2ccc(C(C)C)cc2)C(=S)Nc2ccc(F)c(Cl)c2)cc1. The number of methoxy groups -OCH3 is 1. The van der Waals surface area contributed by atoms with E-state index in [0.29, 0.717) is 29.8 Å². The molecule has 0 aliphatic rings. The molecule has 1 N–H and O–H groups in total. The van der Waals surface area contributed by atoms with E-state index in [4.69, 9.17) is 28.6 Å². The van der Waals surface area contributed by atoms with Crippen molar-refractivity contribution in [1.82, 2.24) is 4.90 Å². The van der Waals surface area contributed by atoms with E-state index in [-0.39, 0.29) is 5.02 Å². The summed E-state index contributed by atoms with van der Waals surface area (Å²) in [6.45, 7) is 5.59. The standard InChI is InChI=1S/C25H26ClFN2OS/c1-17(2)20-8-4-18(5-9-20)15-29(16-19-6-11-22(30-3)12-7-19)25(31)28-21-10-13-24(27)23(26)14-21/h4-14,17H,15-16H2,1-3H3,(H,28,31). The summed E-state index contributed by atoms with van der Waals surface area (Å²) in [6, 6.07) is 21.0. The number of hydrogen-bond acceptors (Lipinski definition) is 2. The molecule has 3 aromatic rings. The first-order valence-electron chi connectivity index (χ1n) is 10.1. The molecule has 0 unspecified atom stereocenters. The lowest BCUT2D eigenvalue weighted by Gasteiger charge is -2.26. The summed E-state index contributed by atoms with van der Waals surface area (Å²) in [7, 11) is 1.65. The first kappa shape index (κ1) is 23.0. The third-order valence-electron chi connectivity index (χ3n) is 5.01. The summed E-state index contributed by atoms with van der Waals surface area (Å²) in [4.78, 5) is 2.07. The molecule has 0 saturated heterocycles. The maximum Gasteiger partial charge on any atom is 0.174 e. The fraction of sp³-hybridized carbons (Fsp3) is 0.240. The van der Waals surface area contributed by atoms with Gasteiger partial charge in [-0.3, -0.25) is 0 Å². The van der Waals surface area contributed by atoms with Crippen LogP contribution >= 0.6 is 23.8 Å². The van der Waals surface area contributed by atoms with E-state index in [9.17, 15) is 4.39 Å². The molecule has 0 fully saturated rings. The predicted molar refractivity (Wildman–Crippen MR) is 130 cm³/mol. The number of anilines is 1. The predicted octanol–water partition coefficient (Wildman–Crippen LogP) is 7.01. The highest BCUT2D eigenvalue weighted by molar-refractivity contribution is 7.80. The largest absolute Gasteiger partial charge is 0.497 e.